The van der Waals surface area contributed by atoms with Gasteiger partial charge in [-0.1, -0.05) is 6.42 Å². The van der Waals surface area contributed by atoms with Crippen LogP contribution < -0.4 is 5.73 Å². The van der Waals surface area contributed by atoms with Gasteiger partial charge in [0, 0.05) is 0 Å². The quantitative estimate of drug-likeness (QED) is 0.712. The highest BCUT2D eigenvalue weighted by molar-refractivity contribution is 6.11. The number of nitrogens with two attached hydrogens (primary N) is 1. The molecule has 0 aromatic heterocycles. The molecule has 0 radical (unpaired) electrons. The Bertz CT molecular complexity index is 588. The van der Waals surface area contributed by atoms with Crippen molar-refractivity contribution in [2.24, 2.45) is 22.2 Å². The third-order valence-corrected chi connectivity index (χ3v) is 4.72. The molecule has 9 nitrogen and oxygen atoms in total. The van der Waals surface area contributed by atoms with Crippen molar-refractivity contribution in [3.63, 3.8) is 0 Å². The van der Waals surface area contributed by atoms with Crippen molar-refractivity contribution in [3.8, 4) is 0 Å². The highest BCUT2D eigenvalue weighted by Crippen LogP contribution is 2.50. The minimum atomic E-state index is -2.12. The van der Waals surface area contributed by atoms with E-state index in [1.54, 1.807) is 6.92 Å². The van der Waals surface area contributed by atoms with Crippen molar-refractivity contribution >= 4 is 23.7 Å². The number of carbonyl (C=O) groups excluding carboxylic acids is 3. The van der Waals surface area contributed by atoms with Crippen LogP contribution in [0.25, 0.3) is 0 Å². The molecule has 2 rings (SSSR count). The molecule has 1 aliphatic heterocycles. The molecule has 3 unspecified atom stereocenters. The first-order valence-corrected chi connectivity index (χ1v) is 7.88. The maximum Gasteiger partial charge on any atom is 0.337 e. The summed E-state index contributed by atoms with van der Waals surface area (Å²) < 4.78 is 10.00. The number of nitrogens with zero attached hydrogens (tertiary/aromatic N) is 2. The van der Waals surface area contributed by atoms with Crippen LogP contribution in [-0.2, 0) is 19.1 Å². The molecule has 3 N–H and O–H groups in total. The molecule has 0 spiro atoms. The smallest absolute Gasteiger partial charge is 0.337 e. The van der Waals surface area contributed by atoms with Crippen LogP contribution in [0.4, 0.5) is 4.79 Å². The Kier molecular flexibility index (Phi) is 4.84. The van der Waals surface area contributed by atoms with Crippen LogP contribution in [0.5, 0.6) is 0 Å². The number of carbonyl (C=O) groups is 3. The molecule has 1 aliphatic carbocycles. The van der Waals surface area contributed by atoms with Gasteiger partial charge in [0.2, 0.25) is 0 Å². The molecule has 0 bridgehead atoms. The number of hydrogen-bond acceptors (Lipinski definition) is 7. The Morgan fingerprint density at radius 1 is 1.42 bits per heavy atom. The highest BCUT2D eigenvalue weighted by atomic mass is 16.5. The SMILES string of the molecule is CCOC(=O)C12CCCCC1=NN(C(N)=O)C(C)(O)C2C(=O)OC. The molecule has 24 heavy (non-hydrogen) atoms. The molecule has 134 valence electrons. The number of urea groups is 1. The Morgan fingerprint density at radius 2 is 2.08 bits per heavy atom. The normalized spacial score (nSPS) is 32.4. The van der Waals surface area contributed by atoms with E-state index in [1.807, 2.05) is 0 Å². The second kappa shape index (κ2) is 6.39. The molecule has 0 aromatic carbocycles. The van der Waals surface area contributed by atoms with Gasteiger partial charge in [-0.25, -0.2) is 4.79 Å². The number of aliphatic hydroxyl groups is 1. The monoisotopic (exact) mass is 341 g/mol. The summed E-state index contributed by atoms with van der Waals surface area (Å²) in [5.74, 6) is -2.86. The van der Waals surface area contributed by atoms with E-state index in [4.69, 9.17) is 15.2 Å². The van der Waals surface area contributed by atoms with Crippen molar-refractivity contribution < 1.29 is 29.0 Å². The minimum Gasteiger partial charge on any atom is -0.469 e. The van der Waals surface area contributed by atoms with Gasteiger partial charge in [-0.05, 0) is 33.1 Å². The van der Waals surface area contributed by atoms with Crippen LogP contribution in [-0.4, -0.2) is 53.2 Å². The average molecular weight is 341 g/mol. The highest BCUT2D eigenvalue weighted by Gasteiger charge is 2.66. The van der Waals surface area contributed by atoms with Crippen LogP contribution in [0.1, 0.15) is 39.5 Å². The van der Waals surface area contributed by atoms with Gasteiger partial charge in [-0.15, -0.1) is 0 Å². The summed E-state index contributed by atoms with van der Waals surface area (Å²) in [5, 5.41) is 15.7. The van der Waals surface area contributed by atoms with Gasteiger partial charge in [-0.2, -0.15) is 10.1 Å². The zero-order valence-electron chi connectivity index (χ0n) is 14.1. The van der Waals surface area contributed by atoms with Crippen molar-refractivity contribution in [2.45, 2.75) is 45.3 Å². The first-order chi connectivity index (χ1) is 11.2. The van der Waals surface area contributed by atoms with Crippen molar-refractivity contribution in [3.05, 3.63) is 0 Å². The van der Waals surface area contributed by atoms with E-state index < -0.39 is 35.0 Å². The van der Waals surface area contributed by atoms with Gasteiger partial charge in [0.05, 0.1) is 19.4 Å². The van der Waals surface area contributed by atoms with Crippen molar-refractivity contribution in [1.29, 1.82) is 0 Å². The van der Waals surface area contributed by atoms with Gasteiger partial charge in [0.15, 0.2) is 5.72 Å². The van der Waals surface area contributed by atoms with Gasteiger partial charge in [0.1, 0.15) is 11.3 Å². The summed E-state index contributed by atoms with van der Waals surface area (Å²) in [7, 11) is 1.15. The number of esters is 2. The Balaban J connectivity index is 2.71. The minimum absolute atomic E-state index is 0.115. The third-order valence-electron chi connectivity index (χ3n) is 4.72. The van der Waals surface area contributed by atoms with Gasteiger partial charge in [-0.3, -0.25) is 9.59 Å². The number of primary amides is 1. The van der Waals surface area contributed by atoms with Crippen molar-refractivity contribution in [2.75, 3.05) is 13.7 Å². The van der Waals surface area contributed by atoms with Gasteiger partial charge >= 0.3 is 18.0 Å². The summed E-state index contributed by atoms with van der Waals surface area (Å²) in [4.78, 5) is 37.0. The number of amides is 2. The molecule has 9 heteroatoms. The predicted molar refractivity (Wildman–Crippen MR) is 82.5 cm³/mol. The lowest BCUT2D eigenvalue weighted by Crippen LogP contribution is -2.68. The van der Waals surface area contributed by atoms with E-state index in [9.17, 15) is 19.5 Å². The molecule has 1 fully saturated rings. The molecular weight excluding hydrogens is 318 g/mol. The van der Waals surface area contributed by atoms with E-state index in [1.165, 1.54) is 6.92 Å². The summed E-state index contributed by atoms with van der Waals surface area (Å²) in [6.07, 6.45) is 2.06. The molecule has 0 aromatic rings. The maximum atomic E-state index is 12.8. The molecule has 2 aliphatic rings. The molecule has 1 saturated carbocycles. The zero-order chi connectivity index (χ0) is 18.1. The second-order valence-corrected chi connectivity index (χ2v) is 6.15. The number of hydrogen-bond donors (Lipinski definition) is 2. The Labute approximate surface area is 139 Å². The number of fused-ring (bicyclic) bond motifs is 1. The topological polar surface area (TPSA) is 132 Å². The fourth-order valence-corrected chi connectivity index (χ4v) is 3.74. The van der Waals surface area contributed by atoms with E-state index in [-0.39, 0.29) is 13.0 Å². The predicted octanol–water partition coefficient (Wildman–Crippen LogP) is 0.358. The first kappa shape index (κ1) is 18.2. The van der Waals surface area contributed by atoms with Crippen LogP contribution in [0, 0.1) is 11.3 Å². The summed E-state index contributed by atoms with van der Waals surface area (Å²) in [6, 6.07) is -1.02. The van der Waals surface area contributed by atoms with E-state index in [0.717, 1.165) is 13.5 Å². The number of rotatable bonds is 3. The Morgan fingerprint density at radius 3 is 2.62 bits per heavy atom. The molecule has 1 heterocycles. The molecule has 2 amide bonds. The van der Waals surface area contributed by atoms with Crippen molar-refractivity contribution in [1.82, 2.24) is 5.01 Å². The third kappa shape index (κ3) is 2.52. The largest absolute Gasteiger partial charge is 0.469 e. The summed E-state index contributed by atoms with van der Waals surface area (Å²) in [6.45, 7) is 2.98. The van der Waals surface area contributed by atoms with Crippen LogP contribution in [0.3, 0.4) is 0 Å². The average Bonchev–Trinajstić information content (AvgIpc) is 2.52. The van der Waals surface area contributed by atoms with E-state index in [0.29, 0.717) is 23.6 Å². The fraction of sp³-hybridized carbons (Fsp3) is 0.733. The van der Waals surface area contributed by atoms with E-state index >= 15 is 0 Å². The molecule has 0 saturated heterocycles. The number of hydrazone groups is 1. The Hall–Kier alpha value is -2.16. The lowest BCUT2D eigenvalue weighted by atomic mass is 9.60. The maximum absolute atomic E-state index is 12.8. The standard InChI is InChI=1S/C15H23N3O6/c1-4-24-12(20)15-8-6-5-7-9(15)17-18(13(16)21)14(2,22)10(15)11(19)23-3/h10,22H,4-8H2,1-3H3,(H2,16,21). The number of ether oxygens (including phenoxy) is 2. The lowest BCUT2D eigenvalue weighted by Gasteiger charge is -2.51. The zero-order valence-corrected chi connectivity index (χ0v) is 14.1. The van der Waals surface area contributed by atoms with Gasteiger partial charge in [0.25, 0.3) is 0 Å². The summed E-state index contributed by atoms with van der Waals surface area (Å²) in [5.41, 5.74) is 2.03. The van der Waals surface area contributed by atoms with Crippen LogP contribution in [0.2, 0.25) is 0 Å². The molecular formula is C15H23N3O6. The van der Waals surface area contributed by atoms with E-state index in [2.05, 4.69) is 5.10 Å². The second-order valence-electron chi connectivity index (χ2n) is 6.15. The molecule has 3 atom stereocenters. The van der Waals surface area contributed by atoms with Gasteiger partial charge < -0.3 is 20.3 Å². The van der Waals surface area contributed by atoms with Crippen LogP contribution >= 0.6 is 0 Å². The fourth-order valence-electron chi connectivity index (χ4n) is 3.74. The summed E-state index contributed by atoms with van der Waals surface area (Å²) >= 11 is 0. The van der Waals surface area contributed by atoms with Crippen LogP contribution in [0.15, 0.2) is 5.10 Å². The first-order valence-electron chi connectivity index (χ1n) is 7.88. The lowest BCUT2D eigenvalue weighted by molar-refractivity contribution is -0.197. The number of methoxy groups -OCH3 is 1.